The number of likely N-dealkylation sites (tertiary alicyclic amines) is 2. The topological polar surface area (TPSA) is 115 Å². The molecule has 0 spiro atoms. The Balaban J connectivity index is 0.000000641. The smallest absolute Gasteiger partial charge is 0.414 e. The maximum atomic E-state index is 14.0. The van der Waals surface area contributed by atoms with E-state index in [4.69, 9.17) is 19.8 Å². The van der Waals surface area contributed by atoms with Crippen molar-refractivity contribution in [1.82, 2.24) is 19.7 Å². The van der Waals surface area contributed by atoms with Crippen LogP contribution in [0.5, 0.6) is 0 Å². The number of fused-ring (bicyclic) bond motifs is 1. The number of aromatic nitrogens is 1. The van der Waals surface area contributed by atoms with Gasteiger partial charge in [0.05, 0.1) is 6.42 Å². The van der Waals surface area contributed by atoms with Crippen LogP contribution in [0, 0.1) is 11.7 Å². The molecule has 3 heterocycles. The Bertz CT molecular complexity index is 1360. The molecule has 2 saturated heterocycles. The van der Waals surface area contributed by atoms with Crippen molar-refractivity contribution >= 4 is 28.7 Å². The number of hydrogen-bond acceptors (Lipinski definition) is 5. The van der Waals surface area contributed by atoms with Gasteiger partial charge in [-0.25, -0.2) is 14.0 Å². The van der Waals surface area contributed by atoms with E-state index in [1.165, 1.54) is 23.7 Å². The van der Waals surface area contributed by atoms with Crippen molar-refractivity contribution in [3.05, 3.63) is 71.7 Å². The highest BCUT2D eigenvalue weighted by atomic mass is 19.1. The van der Waals surface area contributed by atoms with Crippen molar-refractivity contribution in [2.24, 2.45) is 5.92 Å². The minimum absolute atomic E-state index is 0.0991. The van der Waals surface area contributed by atoms with Gasteiger partial charge >= 0.3 is 11.9 Å². The molecule has 10 heteroatoms. The number of carboxylic acids is 2. The van der Waals surface area contributed by atoms with Crippen molar-refractivity contribution in [3.63, 3.8) is 0 Å². The number of halogens is 1. The lowest BCUT2D eigenvalue weighted by Gasteiger charge is -2.33. The predicted molar refractivity (Wildman–Crippen MR) is 164 cm³/mol. The van der Waals surface area contributed by atoms with E-state index in [9.17, 15) is 9.18 Å². The molecule has 2 aliphatic rings. The van der Waals surface area contributed by atoms with E-state index in [1.54, 1.807) is 12.1 Å². The number of nitrogens with one attached hydrogen (secondary N) is 1. The standard InChI is InChI=1S/C31H41FN4O.C2H2O4/c1-2-34-15-9-24(10-16-34)23-33-31(37)22-25-7-8-27-12-20-36(30(27)21-25)28-13-18-35(19-14-28)17-11-26-5-3-4-6-29(26)32;3-1(4)2(5)6/h3-8,12,20-21,24,28H,2,9-11,13-19,22-23H2,1H3,(H,33,37);(H,3,4)(H,5,6). The number of piperidine rings is 2. The zero-order valence-electron chi connectivity index (χ0n) is 24.9. The molecule has 232 valence electrons. The molecule has 43 heavy (non-hydrogen) atoms. The van der Waals surface area contributed by atoms with Crippen LogP contribution in [-0.2, 0) is 27.2 Å². The molecule has 0 radical (unpaired) electrons. The minimum atomic E-state index is -1.82. The Kier molecular flexibility index (Phi) is 11.7. The SMILES string of the molecule is CCN1CCC(CNC(=O)Cc2ccc3ccn(C4CCN(CCc5ccccc5F)CC4)c3c2)CC1.O=C(O)C(=O)O. The maximum absolute atomic E-state index is 14.0. The Labute approximate surface area is 252 Å². The summed E-state index contributed by atoms with van der Waals surface area (Å²) < 4.78 is 16.4. The summed E-state index contributed by atoms with van der Waals surface area (Å²) >= 11 is 0. The van der Waals surface area contributed by atoms with Crippen molar-refractivity contribution in [2.75, 3.05) is 45.8 Å². The van der Waals surface area contributed by atoms with Crippen LogP contribution in [0.1, 0.15) is 49.8 Å². The largest absolute Gasteiger partial charge is 0.473 e. The van der Waals surface area contributed by atoms with Crippen LogP contribution in [-0.4, -0.2) is 88.2 Å². The van der Waals surface area contributed by atoms with E-state index in [-0.39, 0.29) is 11.7 Å². The van der Waals surface area contributed by atoms with Crippen LogP contribution in [0.3, 0.4) is 0 Å². The van der Waals surface area contributed by atoms with Crippen LogP contribution >= 0.6 is 0 Å². The third kappa shape index (κ3) is 9.36. The second-order valence-electron chi connectivity index (χ2n) is 11.5. The van der Waals surface area contributed by atoms with E-state index in [0.717, 1.165) is 76.2 Å². The van der Waals surface area contributed by atoms with Gasteiger partial charge in [0, 0.05) is 43.9 Å². The molecule has 1 amide bonds. The van der Waals surface area contributed by atoms with E-state index in [0.29, 0.717) is 18.4 Å². The molecule has 0 aliphatic carbocycles. The Hall–Kier alpha value is -3.76. The lowest BCUT2D eigenvalue weighted by atomic mass is 9.96. The van der Waals surface area contributed by atoms with E-state index < -0.39 is 11.9 Å². The fourth-order valence-corrected chi connectivity index (χ4v) is 6.04. The van der Waals surface area contributed by atoms with Gasteiger partial charge in [-0.2, -0.15) is 0 Å². The van der Waals surface area contributed by atoms with Gasteiger partial charge in [-0.05, 0) is 92.4 Å². The van der Waals surface area contributed by atoms with Gasteiger partial charge in [-0.3, -0.25) is 4.79 Å². The lowest BCUT2D eigenvalue weighted by molar-refractivity contribution is -0.159. The van der Waals surface area contributed by atoms with Gasteiger partial charge in [-0.1, -0.05) is 37.3 Å². The zero-order chi connectivity index (χ0) is 30.8. The summed E-state index contributed by atoms with van der Waals surface area (Å²) in [6.07, 6.45) is 7.92. The van der Waals surface area contributed by atoms with Crippen LogP contribution in [0.15, 0.2) is 54.7 Å². The van der Waals surface area contributed by atoms with Crippen molar-refractivity contribution in [2.45, 2.75) is 51.5 Å². The number of rotatable bonds is 9. The highest BCUT2D eigenvalue weighted by Gasteiger charge is 2.22. The van der Waals surface area contributed by atoms with E-state index in [2.05, 4.69) is 57.1 Å². The summed E-state index contributed by atoms with van der Waals surface area (Å²) in [4.78, 5) is 35.8. The first-order valence-corrected chi connectivity index (χ1v) is 15.2. The summed E-state index contributed by atoms with van der Waals surface area (Å²) in [5, 5.41) is 19.2. The molecule has 1 aromatic heterocycles. The van der Waals surface area contributed by atoms with E-state index >= 15 is 0 Å². The highest BCUT2D eigenvalue weighted by molar-refractivity contribution is 6.27. The van der Waals surface area contributed by atoms with E-state index in [1.807, 2.05) is 12.1 Å². The molecule has 0 unspecified atom stereocenters. The number of aliphatic carboxylic acids is 2. The molecular weight excluding hydrogens is 551 g/mol. The second kappa shape index (κ2) is 15.6. The number of amides is 1. The molecular formula is C33H43FN4O5. The first kappa shape index (κ1) is 32.2. The summed E-state index contributed by atoms with van der Waals surface area (Å²) in [6.45, 7) is 9.38. The molecule has 9 nitrogen and oxygen atoms in total. The Morgan fingerprint density at radius 1 is 0.907 bits per heavy atom. The third-order valence-corrected chi connectivity index (χ3v) is 8.68. The molecule has 3 N–H and O–H groups in total. The minimum Gasteiger partial charge on any atom is -0.473 e. The summed E-state index contributed by atoms with van der Waals surface area (Å²) in [7, 11) is 0. The number of hydrogen-bond donors (Lipinski definition) is 3. The number of carboxylic acid groups (broad SMARTS) is 2. The number of carbonyl (C=O) groups is 3. The molecule has 2 aromatic carbocycles. The second-order valence-corrected chi connectivity index (χ2v) is 11.5. The number of carbonyl (C=O) groups excluding carboxylic acids is 1. The fraction of sp³-hybridized carbons (Fsp3) is 0.485. The quantitative estimate of drug-likeness (QED) is 0.318. The molecule has 2 fully saturated rings. The summed E-state index contributed by atoms with van der Waals surface area (Å²) in [5.41, 5.74) is 3.11. The van der Waals surface area contributed by atoms with Crippen LogP contribution in [0.25, 0.3) is 10.9 Å². The van der Waals surface area contributed by atoms with Crippen LogP contribution in [0.4, 0.5) is 4.39 Å². The first-order chi connectivity index (χ1) is 20.7. The van der Waals surface area contributed by atoms with Crippen LogP contribution in [0.2, 0.25) is 0 Å². The first-order valence-electron chi connectivity index (χ1n) is 15.2. The van der Waals surface area contributed by atoms with Crippen molar-refractivity contribution in [3.8, 4) is 0 Å². The fourth-order valence-electron chi connectivity index (χ4n) is 6.04. The number of benzene rings is 2. The Morgan fingerprint density at radius 3 is 2.23 bits per heavy atom. The van der Waals surface area contributed by atoms with Crippen molar-refractivity contribution in [1.29, 1.82) is 0 Å². The van der Waals surface area contributed by atoms with Gasteiger partial charge in [0.2, 0.25) is 5.91 Å². The van der Waals surface area contributed by atoms with Gasteiger partial charge in [0.25, 0.3) is 0 Å². The predicted octanol–water partition coefficient (Wildman–Crippen LogP) is 4.21. The molecule has 0 bridgehead atoms. The molecule has 3 aromatic rings. The summed E-state index contributed by atoms with van der Waals surface area (Å²) in [5.74, 6) is -3.02. The third-order valence-electron chi connectivity index (χ3n) is 8.68. The van der Waals surface area contributed by atoms with Crippen LogP contribution < -0.4 is 5.32 Å². The van der Waals surface area contributed by atoms with Gasteiger partial charge in [-0.15, -0.1) is 0 Å². The lowest BCUT2D eigenvalue weighted by Crippen LogP contribution is -2.38. The number of nitrogens with zero attached hydrogens (tertiary/aromatic N) is 3. The van der Waals surface area contributed by atoms with Gasteiger partial charge < -0.3 is 29.9 Å². The molecule has 5 rings (SSSR count). The maximum Gasteiger partial charge on any atom is 0.414 e. The zero-order valence-corrected chi connectivity index (χ0v) is 24.9. The molecule has 0 saturated carbocycles. The molecule has 2 aliphatic heterocycles. The Morgan fingerprint density at radius 2 is 1.58 bits per heavy atom. The van der Waals surface area contributed by atoms with Gasteiger partial charge in [0.1, 0.15) is 5.82 Å². The normalized spacial score (nSPS) is 16.9. The molecule has 0 atom stereocenters. The average molecular weight is 595 g/mol. The average Bonchev–Trinajstić information content (AvgIpc) is 3.44. The highest BCUT2D eigenvalue weighted by Crippen LogP contribution is 2.29. The van der Waals surface area contributed by atoms with Gasteiger partial charge in [0.15, 0.2) is 0 Å². The van der Waals surface area contributed by atoms with Crippen molar-refractivity contribution < 1.29 is 29.0 Å². The summed E-state index contributed by atoms with van der Waals surface area (Å²) in [6, 6.07) is 16.2. The monoisotopic (exact) mass is 594 g/mol.